The van der Waals surface area contributed by atoms with Gasteiger partial charge in [-0.2, -0.15) is 0 Å². The first-order chi connectivity index (χ1) is 6.70. The van der Waals surface area contributed by atoms with Gasteiger partial charge in [0.25, 0.3) is 0 Å². The van der Waals surface area contributed by atoms with Gasteiger partial charge < -0.3 is 5.73 Å². The normalized spacial score (nSPS) is 44.8. The van der Waals surface area contributed by atoms with Gasteiger partial charge in [-0.1, -0.05) is 13.8 Å². The molecule has 1 saturated carbocycles. The van der Waals surface area contributed by atoms with Crippen LogP contribution in [-0.4, -0.2) is 30.1 Å². The van der Waals surface area contributed by atoms with E-state index in [2.05, 4.69) is 18.7 Å². The van der Waals surface area contributed by atoms with E-state index in [0.717, 1.165) is 24.4 Å². The van der Waals surface area contributed by atoms with Gasteiger partial charge in [0.05, 0.1) is 0 Å². The summed E-state index contributed by atoms with van der Waals surface area (Å²) in [5.41, 5.74) is 5.87. The van der Waals surface area contributed by atoms with Crippen LogP contribution in [0.15, 0.2) is 0 Å². The Morgan fingerprint density at radius 3 is 2.43 bits per heavy atom. The smallest absolute Gasteiger partial charge is 0.0223 e. The quantitative estimate of drug-likeness (QED) is 0.730. The van der Waals surface area contributed by atoms with Crippen molar-refractivity contribution in [3.05, 3.63) is 0 Å². The molecule has 14 heavy (non-hydrogen) atoms. The molecule has 0 aromatic heterocycles. The number of hydrogen-bond donors (Lipinski definition) is 1. The number of nitrogens with zero attached hydrogens (tertiary/aromatic N) is 1. The average Bonchev–Trinajstić information content (AvgIpc) is 2.13. The molecule has 0 aromatic carbocycles. The van der Waals surface area contributed by atoms with E-state index in [9.17, 15) is 0 Å². The van der Waals surface area contributed by atoms with Crippen LogP contribution in [0.3, 0.4) is 0 Å². The van der Waals surface area contributed by atoms with Gasteiger partial charge >= 0.3 is 0 Å². The molecule has 2 heteroatoms. The Labute approximate surface area is 87.8 Å². The lowest BCUT2D eigenvalue weighted by Crippen LogP contribution is -2.54. The number of piperidine rings is 1. The zero-order valence-electron chi connectivity index (χ0n) is 9.58. The first-order valence-corrected chi connectivity index (χ1v) is 6.16. The number of likely N-dealkylation sites (tertiary alicyclic amines) is 1. The average molecular weight is 196 g/mol. The summed E-state index contributed by atoms with van der Waals surface area (Å²) in [5, 5.41) is 0. The van der Waals surface area contributed by atoms with Crippen LogP contribution in [0.5, 0.6) is 0 Å². The van der Waals surface area contributed by atoms with E-state index in [-0.39, 0.29) is 0 Å². The monoisotopic (exact) mass is 196 g/mol. The van der Waals surface area contributed by atoms with E-state index >= 15 is 0 Å². The second-order valence-corrected chi connectivity index (χ2v) is 5.49. The van der Waals surface area contributed by atoms with Crippen molar-refractivity contribution >= 4 is 0 Å². The molecular formula is C12H24N2. The third kappa shape index (κ3) is 1.96. The summed E-state index contributed by atoms with van der Waals surface area (Å²) in [6, 6.07) is 1.54. The van der Waals surface area contributed by atoms with Crippen LogP contribution in [0.1, 0.15) is 39.5 Å². The van der Waals surface area contributed by atoms with E-state index in [1.165, 1.54) is 32.2 Å². The molecule has 2 fully saturated rings. The fraction of sp³-hybridized carbons (Fsp3) is 1.00. The highest BCUT2D eigenvalue weighted by Crippen LogP contribution is 2.35. The minimum atomic E-state index is 0.677. The maximum atomic E-state index is 5.87. The van der Waals surface area contributed by atoms with Crippen LogP contribution >= 0.6 is 0 Å². The lowest BCUT2D eigenvalue weighted by atomic mass is 9.78. The molecule has 0 aromatic rings. The summed E-state index contributed by atoms with van der Waals surface area (Å²) in [6.07, 6.45) is 5.51. The molecule has 2 nitrogen and oxygen atoms in total. The van der Waals surface area contributed by atoms with Crippen LogP contribution < -0.4 is 5.73 Å². The molecule has 0 bridgehead atoms. The Hall–Kier alpha value is -0.0800. The Bertz CT molecular complexity index is 187. The van der Waals surface area contributed by atoms with Gasteiger partial charge in [0, 0.05) is 18.6 Å². The van der Waals surface area contributed by atoms with Crippen LogP contribution in [0, 0.1) is 11.8 Å². The van der Waals surface area contributed by atoms with Crippen LogP contribution in [0.25, 0.3) is 0 Å². The molecule has 1 saturated heterocycles. The molecule has 2 rings (SSSR count). The van der Waals surface area contributed by atoms with Gasteiger partial charge in [0.1, 0.15) is 0 Å². The van der Waals surface area contributed by atoms with Crippen molar-refractivity contribution in [2.24, 2.45) is 17.6 Å². The number of hydrogen-bond acceptors (Lipinski definition) is 2. The Balaban J connectivity index is 1.90. The molecule has 2 atom stereocenters. The van der Waals surface area contributed by atoms with Crippen molar-refractivity contribution in [1.29, 1.82) is 0 Å². The maximum absolute atomic E-state index is 5.87. The fourth-order valence-corrected chi connectivity index (χ4v) is 3.11. The highest BCUT2D eigenvalue weighted by atomic mass is 15.2. The molecule has 1 aliphatic carbocycles. The topological polar surface area (TPSA) is 29.3 Å². The lowest BCUT2D eigenvalue weighted by Gasteiger charge is -2.48. The summed E-state index contributed by atoms with van der Waals surface area (Å²) < 4.78 is 0. The standard InChI is InChI=1S/C12H24N2/c1-9-3-4-14(12(5-9)8-13)11-6-10(2)7-11/h9-12H,3-8,13H2,1-2H3. The van der Waals surface area contributed by atoms with E-state index in [0.29, 0.717) is 6.04 Å². The van der Waals surface area contributed by atoms with Gasteiger partial charge in [0.15, 0.2) is 0 Å². The van der Waals surface area contributed by atoms with Gasteiger partial charge in [-0.15, -0.1) is 0 Å². The third-order valence-electron chi connectivity index (χ3n) is 4.11. The highest BCUT2D eigenvalue weighted by molar-refractivity contribution is 4.91. The second kappa shape index (κ2) is 4.19. The first-order valence-electron chi connectivity index (χ1n) is 6.16. The van der Waals surface area contributed by atoms with Crippen molar-refractivity contribution in [2.75, 3.05) is 13.1 Å². The van der Waals surface area contributed by atoms with Crippen LogP contribution in [-0.2, 0) is 0 Å². The van der Waals surface area contributed by atoms with Gasteiger partial charge in [-0.05, 0) is 44.1 Å². The molecule has 0 spiro atoms. The Morgan fingerprint density at radius 1 is 1.14 bits per heavy atom. The van der Waals surface area contributed by atoms with Crippen molar-refractivity contribution < 1.29 is 0 Å². The molecule has 1 aliphatic heterocycles. The summed E-state index contributed by atoms with van der Waals surface area (Å²) in [7, 11) is 0. The number of rotatable bonds is 2. The van der Waals surface area contributed by atoms with Crippen molar-refractivity contribution in [2.45, 2.75) is 51.6 Å². The fourth-order valence-electron chi connectivity index (χ4n) is 3.11. The summed E-state index contributed by atoms with van der Waals surface area (Å²) in [5.74, 6) is 1.84. The largest absolute Gasteiger partial charge is 0.329 e. The molecule has 2 unspecified atom stereocenters. The Morgan fingerprint density at radius 2 is 1.86 bits per heavy atom. The van der Waals surface area contributed by atoms with E-state index in [4.69, 9.17) is 5.73 Å². The van der Waals surface area contributed by atoms with Crippen molar-refractivity contribution in [1.82, 2.24) is 4.90 Å². The molecule has 2 N–H and O–H groups in total. The second-order valence-electron chi connectivity index (χ2n) is 5.49. The van der Waals surface area contributed by atoms with Crippen molar-refractivity contribution in [3.63, 3.8) is 0 Å². The molecule has 2 aliphatic rings. The summed E-state index contributed by atoms with van der Waals surface area (Å²) in [4.78, 5) is 2.69. The number of nitrogens with two attached hydrogens (primary N) is 1. The van der Waals surface area contributed by atoms with Crippen LogP contribution in [0.4, 0.5) is 0 Å². The Kier molecular flexibility index (Phi) is 3.13. The van der Waals surface area contributed by atoms with Crippen LogP contribution in [0.2, 0.25) is 0 Å². The SMILES string of the molecule is CC1CCN(C2CC(C)C2)C(CN)C1. The summed E-state index contributed by atoms with van der Waals surface area (Å²) >= 11 is 0. The maximum Gasteiger partial charge on any atom is 0.0223 e. The molecule has 0 amide bonds. The highest BCUT2D eigenvalue weighted by Gasteiger charge is 2.36. The first kappa shape index (κ1) is 10.4. The van der Waals surface area contributed by atoms with E-state index in [1.54, 1.807) is 0 Å². The lowest BCUT2D eigenvalue weighted by molar-refractivity contribution is 0.0156. The molecular weight excluding hydrogens is 172 g/mol. The zero-order valence-corrected chi connectivity index (χ0v) is 9.58. The van der Waals surface area contributed by atoms with Gasteiger partial charge in [-0.3, -0.25) is 4.90 Å². The third-order valence-corrected chi connectivity index (χ3v) is 4.11. The summed E-state index contributed by atoms with van der Waals surface area (Å²) in [6.45, 7) is 6.87. The predicted octanol–water partition coefficient (Wildman–Crippen LogP) is 1.84. The molecule has 0 radical (unpaired) electrons. The van der Waals surface area contributed by atoms with Gasteiger partial charge in [0.2, 0.25) is 0 Å². The van der Waals surface area contributed by atoms with Crippen molar-refractivity contribution in [3.8, 4) is 0 Å². The molecule has 82 valence electrons. The zero-order chi connectivity index (χ0) is 10.1. The minimum Gasteiger partial charge on any atom is -0.329 e. The molecule has 1 heterocycles. The minimum absolute atomic E-state index is 0.677. The van der Waals surface area contributed by atoms with E-state index < -0.39 is 0 Å². The van der Waals surface area contributed by atoms with Gasteiger partial charge in [-0.25, -0.2) is 0 Å². The van der Waals surface area contributed by atoms with E-state index in [1.807, 2.05) is 0 Å². The predicted molar refractivity (Wildman–Crippen MR) is 60.1 cm³/mol.